The van der Waals surface area contributed by atoms with E-state index in [1.165, 1.54) is 5.56 Å². The molecule has 30 heavy (non-hydrogen) atoms. The number of likely N-dealkylation sites (N-methyl/N-ethyl adjacent to an activating group) is 2. The minimum absolute atomic E-state index is 0.136. The summed E-state index contributed by atoms with van der Waals surface area (Å²) >= 11 is 0. The van der Waals surface area contributed by atoms with Crippen LogP contribution in [-0.2, 0) is 7.05 Å². The molecule has 1 saturated carbocycles. The molecule has 1 heterocycles. The van der Waals surface area contributed by atoms with Crippen molar-refractivity contribution in [2.45, 2.75) is 36.8 Å². The Morgan fingerprint density at radius 3 is 2.30 bits per heavy atom. The standard InChI is InChI=1S/C26H33N3O/c1-27(2)24-18-20(19-11-7-6-8-12-19)15-16-26(24,28(3)4)25(30)23-17-21-13-9-10-14-22(21)29(23)5/h6-14,17,20,24H,15-16,18H2,1-5H3. The fraction of sp³-hybridized carbons (Fsp3) is 0.423. The topological polar surface area (TPSA) is 28.5 Å². The lowest BCUT2D eigenvalue weighted by Crippen LogP contribution is -2.65. The molecule has 1 aromatic heterocycles. The molecule has 3 aromatic rings. The number of ketones is 1. The van der Waals surface area contributed by atoms with Crippen molar-refractivity contribution < 1.29 is 4.79 Å². The van der Waals surface area contributed by atoms with Gasteiger partial charge in [-0.2, -0.15) is 0 Å². The van der Waals surface area contributed by atoms with Gasteiger partial charge in [0.1, 0.15) is 5.54 Å². The Balaban J connectivity index is 1.77. The first-order valence-corrected chi connectivity index (χ1v) is 10.8. The van der Waals surface area contributed by atoms with Gasteiger partial charge in [0.25, 0.3) is 0 Å². The van der Waals surface area contributed by atoms with Crippen LogP contribution in [0.5, 0.6) is 0 Å². The van der Waals surface area contributed by atoms with Crippen LogP contribution in [0.15, 0.2) is 60.7 Å². The van der Waals surface area contributed by atoms with Crippen LogP contribution >= 0.6 is 0 Å². The van der Waals surface area contributed by atoms with Crippen LogP contribution in [0.25, 0.3) is 10.9 Å². The summed E-state index contributed by atoms with van der Waals surface area (Å²) in [6, 6.07) is 21.2. The fourth-order valence-corrected chi connectivity index (χ4v) is 5.53. The number of Topliss-reactive ketones (excluding diaryl/α,β-unsaturated/α-hetero) is 1. The first-order chi connectivity index (χ1) is 14.4. The van der Waals surface area contributed by atoms with Crippen molar-refractivity contribution in [3.05, 3.63) is 71.9 Å². The number of rotatable bonds is 5. The average Bonchev–Trinajstić information content (AvgIpc) is 3.09. The molecule has 4 rings (SSSR count). The third-order valence-electron chi connectivity index (χ3n) is 7.20. The summed E-state index contributed by atoms with van der Waals surface area (Å²) in [5.74, 6) is 0.711. The van der Waals surface area contributed by atoms with E-state index in [1.807, 2.05) is 19.2 Å². The molecular weight excluding hydrogens is 370 g/mol. The molecule has 1 aliphatic carbocycles. The SMILES string of the molecule is CN(C)C1CC(c2ccccc2)CCC1(C(=O)c1cc2ccccc2n1C)N(C)C. The third-order valence-corrected chi connectivity index (χ3v) is 7.20. The van der Waals surface area contributed by atoms with Crippen LogP contribution in [-0.4, -0.2) is 59.9 Å². The van der Waals surface area contributed by atoms with E-state index in [0.717, 1.165) is 35.9 Å². The molecule has 0 aliphatic heterocycles. The van der Waals surface area contributed by atoms with Gasteiger partial charge in [-0.1, -0.05) is 48.5 Å². The highest BCUT2D eigenvalue weighted by Gasteiger charge is 2.52. The molecule has 3 unspecified atom stereocenters. The van der Waals surface area contributed by atoms with E-state index in [0.29, 0.717) is 5.92 Å². The van der Waals surface area contributed by atoms with E-state index in [-0.39, 0.29) is 11.8 Å². The van der Waals surface area contributed by atoms with E-state index >= 15 is 0 Å². The average molecular weight is 404 g/mol. The van der Waals surface area contributed by atoms with E-state index in [9.17, 15) is 4.79 Å². The van der Waals surface area contributed by atoms with Gasteiger partial charge in [-0.25, -0.2) is 0 Å². The Morgan fingerprint density at radius 2 is 1.67 bits per heavy atom. The molecule has 3 atom stereocenters. The Kier molecular flexibility index (Phi) is 5.56. The summed E-state index contributed by atoms with van der Waals surface area (Å²) < 4.78 is 2.07. The summed E-state index contributed by atoms with van der Waals surface area (Å²) in [4.78, 5) is 18.7. The summed E-state index contributed by atoms with van der Waals surface area (Å²) in [5, 5.41) is 1.12. The number of aryl methyl sites for hydroxylation is 1. The van der Waals surface area contributed by atoms with Gasteiger partial charge in [-0.05, 0) is 71.1 Å². The molecule has 4 heteroatoms. The van der Waals surface area contributed by atoms with E-state index in [4.69, 9.17) is 0 Å². The van der Waals surface area contributed by atoms with E-state index < -0.39 is 5.54 Å². The zero-order chi connectivity index (χ0) is 21.5. The first-order valence-electron chi connectivity index (χ1n) is 10.8. The molecule has 1 fully saturated rings. The minimum Gasteiger partial charge on any atom is -0.341 e. The highest BCUT2D eigenvalue weighted by Crippen LogP contribution is 2.44. The molecule has 158 valence electrons. The fourth-order valence-electron chi connectivity index (χ4n) is 5.53. The molecule has 0 bridgehead atoms. The first kappa shape index (κ1) is 20.8. The van der Waals surface area contributed by atoms with Crippen molar-refractivity contribution in [1.82, 2.24) is 14.4 Å². The third kappa shape index (κ3) is 3.28. The van der Waals surface area contributed by atoms with Crippen molar-refractivity contribution in [3.8, 4) is 0 Å². The summed E-state index contributed by atoms with van der Waals surface area (Å²) in [6.07, 6.45) is 2.84. The summed E-state index contributed by atoms with van der Waals surface area (Å²) in [7, 11) is 10.4. The molecule has 0 saturated heterocycles. The predicted molar refractivity (Wildman–Crippen MR) is 124 cm³/mol. The molecule has 0 N–H and O–H groups in total. The summed E-state index contributed by atoms with van der Waals surface area (Å²) in [6.45, 7) is 0. The van der Waals surface area contributed by atoms with Gasteiger partial charge >= 0.3 is 0 Å². The van der Waals surface area contributed by atoms with E-state index in [1.54, 1.807) is 0 Å². The zero-order valence-electron chi connectivity index (χ0n) is 18.8. The number of hydrogen-bond donors (Lipinski definition) is 0. The van der Waals surface area contributed by atoms with Gasteiger partial charge in [0, 0.05) is 24.0 Å². The Bertz CT molecular complexity index is 1040. The lowest BCUT2D eigenvalue weighted by molar-refractivity contribution is 0.0120. The Morgan fingerprint density at radius 1 is 1.00 bits per heavy atom. The quantitative estimate of drug-likeness (QED) is 0.585. The number of carbonyl (C=O) groups excluding carboxylic acids is 1. The van der Waals surface area contributed by atoms with Gasteiger partial charge < -0.3 is 9.47 Å². The van der Waals surface area contributed by atoms with Gasteiger partial charge in [0.15, 0.2) is 0 Å². The van der Waals surface area contributed by atoms with Crippen LogP contribution < -0.4 is 0 Å². The van der Waals surface area contributed by atoms with Crippen LogP contribution in [0.4, 0.5) is 0 Å². The smallest absolute Gasteiger partial charge is 0.200 e. The predicted octanol–water partition coefficient (Wildman–Crippen LogP) is 4.56. The molecule has 4 nitrogen and oxygen atoms in total. The lowest BCUT2D eigenvalue weighted by Gasteiger charge is -2.51. The van der Waals surface area contributed by atoms with Crippen molar-refractivity contribution in [1.29, 1.82) is 0 Å². The van der Waals surface area contributed by atoms with Crippen LogP contribution in [0.3, 0.4) is 0 Å². The Labute approximate surface area is 180 Å². The van der Waals surface area contributed by atoms with Crippen LogP contribution in [0.2, 0.25) is 0 Å². The normalized spacial score (nSPS) is 24.6. The van der Waals surface area contributed by atoms with Gasteiger partial charge in [0.2, 0.25) is 5.78 Å². The largest absolute Gasteiger partial charge is 0.341 e. The van der Waals surface area contributed by atoms with Crippen molar-refractivity contribution in [2.24, 2.45) is 7.05 Å². The number of hydrogen-bond acceptors (Lipinski definition) is 3. The minimum atomic E-state index is -0.545. The second-order valence-electron chi connectivity index (χ2n) is 9.16. The lowest BCUT2D eigenvalue weighted by atomic mass is 9.67. The number of carbonyl (C=O) groups is 1. The number of benzene rings is 2. The van der Waals surface area contributed by atoms with Crippen LogP contribution in [0.1, 0.15) is 41.2 Å². The zero-order valence-corrected chi connectivity index (χ0v) is 18.8. The van der Waals surface area contributed by atoms with Gasteiger partial charge in [-0.15, -0.1) is 0 Å². The highest BCUT2D eigenvalue weighted by atomic mass is 16.1. The maximum absolute atomic E-state index is 14.2. The maximum atomic E-state index is 14.2. The van der Waals surface area contributed by atoms with Crippen LogP contribution in [0, 0.1) is 0 Å². The Hall–Kier alpha value is -2.43. The van der Waals surface area contributed by atoms with Crippen molar-refractivity contribution >= 4 is 16.7 Å². The molecule has 2 aromatic carbocycles. The highest BCUT2D eigenvalue weighted by molar-refractivity contribution is 6.06. The monoisotopic (exact) mass is 403 g/mol. The molecule has 1 aliphatic rings. The number of nitrogens with zero attached hydrogens (tertiary/aromatic N) is 3. The number of fused-ring (bicyclic) bond motifs is 1. The second kappa shape index (κ2) is 8.01. The van der Waals surface area contributed by atoms with Crippen molar-refractivity contribution in [2.75, 3.05) is 28.2 Å². The molecular formula is C26H33N3O. The number of aromatic nitrogens is 1. The van der Waals surface area contributed by atoms with Gasteiger partial charge in [0.05, 0.1) is 5.69 Å². The molecule has 0 radical (unpaired) electrons. The molecule has 0 amide bonds. The van der Waals surface area contributed by atoms with Crippen molar-refractivity contribution in [3.63, 3.8) is 0 Å². The van der Waals surface area contributed by atoms with Gasteiger partial charge in [-0.3, -0.25) is 9.69 Å². The van der Waals surface area contributed by atoms with E-state index in [2.05, 4.69) is 91.1 Å². The molecule has 0 spiro atoms. The summed E-state index contributed by atoms with van der Waals surface area (Å²) in [5.41, 5.74) is 2.74. The second-order valence-corrected chi connectivity index (χ2v) is 9.16. The maximum Gasteiger partial charge on any atom is 0.200 e. The number of para-hydroxylation sites is 1.